The van der Waals surface area contributed by atoms with Crippen LogP contribution in [-0.2, 0) is 6.18 Å². The third-order valence-electron chi connectivity index (χ3n) is 2.54. The Kier molecular flexibility index (Phi) is 3.45. The van der Waals surface area contributed by atoms with Crippen molar-refractivity contribution in [1.82, 2.24) is 9.78 Å². The molecule has 1 heterocycles. The summed E-state index contributed by atoms with van der Waals surface area (Å²) in [6.07, 6.45) is -4.80. The fourth-order valence-corrected chi connectivity index (χ4v) is 1.80. The van der Waals surface area contributed by atoms with E-state index in [0.717, 1.165) is 6.92 Å². The van der Waals surface area contributed by atoms with Crippen LogP contribution in [0.15, 0.2) is 12.1 Å². The Hall–Kier alpha value is -1.70. The lowest BCUT2D eigenvalue weighted by molar-refractivity contribution is -0.141. The van der Waals surface area contributed by atoms with Crippen molar-refractivity contribution >= 4 is 11.6 Å². The molecule has 0 unspecified atom stereocenters. The molecule has 20 heavy (non-hydrogen) atoms. The standard InChI is InChI=1S/C11H5ClF6N2/c1-4-9(11(16,17)18)19-20(10(4)12)8-3-6(14)5(13)2-7(8)15/h2-3H,1H3. The molecule has 108 valence electrons. The SMILES string of the molecule is Cc1c(C(F)(F)F)nn(-c2cc(F)c(F)cc2F)c1Cl. The fraction of sp³-hybridized carbons (Fsp3) is 0.182. The van der Waals surface area contributed by atoms with E-state index in [-0.39, 0.29) is 6.07 Å². The first kappa shape index (κ1) is 14.7. The maximum atomic E-state index is 13.5. The molecule has 2 aromatic rings. The molecular formula is C11H5ClF6N2. The number of alkyl halides is 3. The van der Waals surface area contributed by atoms with Gasteiger partial charge in [0.25, 0.3) is 0 Å². The van der Waals surface area contributed by atoms with Crippen LogP contribution in [0.25, 0.3) is 5.69 Å². The molecule has 2 rings (SSSR count). The topological polar surface area (TPSA) is 17.8 Å². The molecule has 0 saturated heterocycles. The Morgan fingerprint density at radius 2 is 1.60 bits per heavy atom. The Morgan fingerprint density at radius 1 is 1.05 bits per heavy atom. The van der Waals surface area contributed by atoms with Gasteiger partial charge in [-0.15, -0.1) is 0 Å². The van der Waals surface area contributed by atoms with Crippen LogP contribution in [0.5, 0.6) is 0 Å². The molecular weight excluding hydrogens is 310 g/mol. The van der Waals surface area contributed by atoms with Crippen LogP contribution in [0.3, 0.4) is 0 Å². The van der Waals surface area contributed by atoms with Crippen molar-refractivity contribution in [3.8, 4) is 5.69 Å². The van der Waals surface area contributed by atoms with Crippen LogP contribution in [0, 0.1) is 24.4 Å². The molecule has 0 amide bonds. The number of hydrogen-bond donors (Lipinski definition) is 0. The number of halogens is 7. The predicted molar refractivity (Wildman–Crippen MR) is 58.2 cm³/mol. The van der Waals surface area contributed by atoms with E-state index >= 15 is 0 Å². The first-order chi connectivity index (χ1) is 9.12. The van der Waals surface area contributed by atoms with Gasteiger partial charge in [0.2, 0.25) is 0 Å². The van der Waals surface area contributed by atoms with Gasteiger partial charge in [-0.1, -0.05) is 11.6 Å². The van der Waals surface area contributed by atoms with Crippen molar-refractivity contribution < 1.29 is 26.3 Å². The summed E-state index contributed by atoms with van der Waals surface area (Å²) < 4.78 is 77.7. The maximum Gasteiger partial charge on any atom is 0.435 e. The van der Waals surface area contributed by atoms with Gasteiger partial charge in [-0.3, -0.25) is 0 Å². The van der Waals surface area contributed by atoms with Gasteiger partial charge < -0.3 is 0 Å². The lowest BCUT2D eigenvalue weighted by atomic mass is 10.2. The average molecular weight is 315 g/mol. The van der Waals surface area contributed by atoms with Crippen LogP contribution in [0.2, 0.25) is 5.15 Å². The smallest absolute Gasteiger partial charge is 0.218 e. The maximum absolute atomic E-state index is 13.5. The highest BCUT2D eigenvalue weighted by Gasteiger charge is 2.38. The number of aromatic nitrogens is 2. The molecule has 0 bridgehead atoms. The molecule has 0 saturated carbocycles. The summed E-state index contributed by atoms with van der Waals surface area (Å²) in [5.74, 6) is -4.19. The third kappa shape index (κ3) is 2.35. The van der Waals surface area contributed by atoms with Gasteiger partial charge in [-0.2, -0.15) is 18.3 Å². The van der Waals surface area contributed by atoms with E-state index in [1.807, 2.05) is 0 Å². The minimum absolute atomic E-state index is 0.200. The Balaban J connectivity index is 2.69. The quantitative estimate of drug-likeness (QED) is 0.568. The van der Waals surface area contributed by atoms with Crippen molar-refractivity contribution in [1.29, 1.82) is 0 Å². The second-order valence-electron chi connectivity index (χ2n) is 3.89. The molecule has 0 spiro atoms. The lowest BCUT2D eigenvalue weighted by Gasteiger charge is -2.06. The van der Waals surface area contributed by atoms with E-state index in [1.54, 1.807) is 0 Å². The number of rotatable bonds is 1. The predicted octanol–water partition coefficient (Wildman–Crippen LogP) is 4.27. The Bertz CT molecular complexity index is 677. The third-order valence-corrected chi connectivity index (χ3v) is 2.98. The molecule has 0 aliphatic rings. The van der Waals surface area contributed by atoms with Crippen molar-refractivity contribution in [2.45, 2.75) is 13.1 Å². The molecule has 0 aliphatic carbocycles. The van der Waals surface area contributed by atoms with Gasteiger partial charge in [0.1, 0.15) is 10.8 Å². The van der Waals surface area contributed by atoms with Gasteiger partial charge >= 0.3 is 6.18 Å². The molecule has 1 aromatic carbocycles. The van der Waals surface area contributed by atoms with Crippen molar-refractivity contribution in [3.63, 3.8) is 0 Å². The van der Waals surface area contributed by atoms with E-state index in [2.05, 4.69) is 5.10 Å². The van der Waals surface area contributed by atoms with Crippen LogP contribution in [0.1, 0.15) is 11.3 Å². The molecule has 0 fully saturated rings. The van der Waals surface area contributed by atoms with E-state index in [4.69, 9.17) is 11.6 Å². The van der Waals surface area contributed by atoms with Crippen molar-refractivity contribution in [3.05, 3.63) is 46.0 Å². The zero-order valence-corrected chi connectivity index (χ0v) is 10.5. The molecule has 2 nitrogen and oxygen atoms in total. The largest absolute Gasteiger partial charge is 0.435 e. The van der Waals surface area contributed by atoms with Gasteiger partial charge in [0.15, 0.2) is 23.1 Å². The second-order valence-corrected chi connectivity index (χ2v) is 4.25. The van der Waals surface area contributed by atoms with Gasteiger partial charge in [-0.25, -0.2) is 17.9 Å². The highest BCUT2D eigenvalue weighted by Crippen LogP contribution is 2.35. The minimum atomic E-state index is -4.80. The lowest BCUT2D eigenvalue weighted by Crippen LogP contribution is -2.09. The second kappa shape index (κ2) is 4.69. The summed E-state index contributed by atoms with van der Waals surface area (Å²) in [4.78, 5) is 0. The van der Waals surface area contributed by atoms with Crippen molar-refractivity contribution in [2.75, 3.05) is 0 Å². The van der Waals surface area contributed by atoms with E-state index in [9.17, 15) is 26.3 Å². The van der Waals surface area contributed by atoms with Gasteiger partial charge in [0.05, 0.1) is 0 Å². The van der Waals surface area contributed by atoms with Crippen molar-refractivity contribution in [2.24, 2.45) is 0 Å². The Morgan fingerprint density at radius 3 is 2.10 bits per heavy atom. The first-order valence-electron chi connectivity index (χ1n) is 5.10. The fourth-order valence-electron chi connectivity index (χ4n) is 1.58. The average Bonchev–Trinajstić information content (AvgIpc) is 2.61. The van der Waals surface area contributed by atoms with Gasteiger partial charge in [-0.05, 0) is 6.92 Å². The number of hydrogen-bond acceptors (Lipinski definition) is 1. The van der Waals surface area contributed by atoms with E-state index in [1.165, 1.54) is 0 Å². The molecule has 9 heteroatoms. The summed E-state index contributed by atoms with van der Waals surface area (Å²) in [5.41, 5.74) is -2.48. The van der Waals surface area contributed by atoms with Crippen LogP contribution >= 0.6 is 11.6 Å². The van der Waals surface area contributed by atoms with E-state index in [0.29, 0.717) is 10.7 Å². The zero-order chi connectivity index (χ0) is 15.2. The van der Waals surface area contributed by atoms with E-state index < -0.39 is 45.7 Å². The van der Waals surface area contributed by atoms with Crippen LogP contribution in [-0.4, -0.2) is 9.78 Å². The van der Waals surface area contributed by atoms with Crippen LogP contribution < -0.4 is 0 Å². The summed E-state index contributed by atoms with van der Waals surface area (Å²) in [6, 6.07) is 0.578. The normalized spacial score (nSPS) is 12.0. The Labute approximate surface area is 113 Å². The molecule has 0 aliphatic heterocycles. The minimum Gasteiger partial charge on any atom is -0.218 e. The molecule has 0 N–H and O–H groups in total. The zero-order valence-electron chi connectivity index (χ0n) is 9.69. The number of benzene rings is 1. The summed E-state index contributed by atoms with van der Waals surface area (Å²) in [5, 5.41) is 2.57. The number of nitrogens with zero attached hydrogens (tertiary/aromatic N) is 2. The van der Waals surface area contributed by atoms with Crippen LogP contribution in [0.4, 0.5) is 26.3 Å². The first-order valence-corrected chi connectivity index (χ1v) is 5.48. The van der Waals surface area contributed by atoms with Gasteiger partial charge in [0, 0.05) is 17.7 Å². The molecule has 0 radical (unpaired) electrons. The summed E-state index contributed by atoms with van der Waals surface area (Å²) in [7, 11) is 0. The molecule has 0 atom stereocenters. The summed E-state index contributed by atoms with van der Waals surface area (Å²) in [6.45, 7) is 1.03. The highest BCUT2D eigenvalue weighted by molar-refractivity contribution is 6.30. The monoisotopic (exact) mass is 314 g/mol. The highest BCUT2D eigenvalue weighted by atomic mass is 35.5. The summed E-state index contributed by atoms with van der Waals surface area (Å²) >= 11 is 5.64. The molecule has 1 aromatic heterocycles.